The van der Waals surface area contributed by atoms with Crippen LogP contribution in [0.5, 0.6) is 11.5 Å². The molecule has 0 amide bonds. The molecule has 0 saturated carbocycles. The van der Waals surface area contributed by atoms with Crippen LogP contribution >= 0.6 is 0 Å². The molecule has 0 fully saturated rings. The van der Waals surface area contributed by atoms with Gasteiger partial charge in [-0.3, -0.25) is 0 Å². The van der Waals surface area contributed by atoms with Gasteiger partial charge in [0.25, 0.3) is 0 Å². The minimum absolute atomic E-state index is 0.404. The van der Waals surface area contributed by atoms with Gasteiger partial charge in [-0.1, -0.05) is 18.2 Å². The molecule has 2 aromatic rings. The van der Waals surface area contributed by atoms with E-state index in [0.717, 1.165) is 11.1 Å². The molecule has 2 aromatic carbocycles. The molecular formula is C17H18O3. The monoisotopic (exact) mass is 270 g/mol. The van der Waals surface area contributed by atoms with Crippen molar-refractivity contribution < 1.29 is 14.3 Å². The molecule has 3 heteroatoms. The van der Waals surface area contributed by atoms with Crippen LogP contribution in [0.4, 0.5) is 0 Å². The van der Waals surface area contributed by atoms with Gasteiger partial charge in [0.15, 0.2) is 0 Å². The van der Waals surface area contributed by atoms with Crippen molar-refractivity contribution in [3.8, 4) is 11.5 Å². The Morgan fingerprint density at radius 1 is 1.05 bits per heavy atom. The minimum Gasteiger partial charge on any atom is -0.493 e. The fourth-order valence-electron chi connectivity index (χ4n) is 2.07. The highest BCUT2D eigenvalue weighted by Crippen LogP contribution is 2.22. The second-order valence-electron chi connectivity index (χ2n) is 4.64. The van der Waals surface area contributed by atoms with Crippen LogP contribution in [0.15, 0.2) is 42.5 Å². The van der Waals surface area contributed by atoms with Crippen LogP contribution in [0.25, 0.3) is 0 Å². The van der Waals surface area contributed by atoms with Crippen LogP contribution in [0, 0.1) is 13.8 Å². The van der Waals surface area contributed by atoms with E-state index < -0.39 is 5.97 Å². The summed E-state index contributed by atoms with van der Waals surface area (Å²) < 4.78 is 10.9. The molecule has 0 unspecified atom stereocenters. The number of ether oxygens (including phenoxy) is 2. The molecule has 104 valence electrons. The number of carbonyl (C=O) groups excluding carboxylic acids is 1. The van der Waals surface area contributed by atoms with Crippen LogP contribution in [0.1, 0.15) is 28.4 Å². The average Bonchev–Trinajstić information content (AvgIpc) is 2.38. The van der Waals surface area contributed by atoms with E-state index in [1.54, 1.807) is 18.2 Å². The lowest BCUT2D eigenvalue weighted by Gasteiger charge is -2.10. The number of carbonyl (C=O) groups is 1. The second kappa shape index (κ2) is 6.24. The van der Waals surface area contributed by atoms with E-state index in [2.05, 4.69) is 0 Å². The average molecular weight is 270 g/mol. The van der Waals surface area contributed by atoms with Gasteiger partial charge in [-0.2, -0.15) is 0 Å². The van der Waals surface area contributed by atoms with Crippen LogP contribution in [0.3, 0.4) is 0 Å². The summed E-state index contributed by atoms with van der Waals surface area (Å²) in [7, 11) is 0. The quantitative estimate of drug-likeness (QED) is 0.624. The highest BCUT2D eigenvalue weighted by Gasteiger charge is 2.14. The first kappa shape index (κ1) is 14.1. The summed E-state index contributed by atoms with van der Waals surface area (Å²) in [5, 5.41) is 0. The summed E-state index contributed by atoms with van der Waals surface area (Å²) in [5.41, 5.74) is 2.56. The highest BCUT2D eigenvalue weighted by molar-refractivity contribution is 5.94. The Morgan fingerprint density at radius 2 is 1.70 bits per heavy atom. The molecule has 0 saturated heterocycles. The molecule has 3 nitrogen and oxygen atoms in total. The Labute approximate surface area is 119 Å². The minimum atomic E-state index is -0.404. The second-order valence-corrected chi connectivity index (χ2v) is 4.64. The zero-order valence-electron chi connectivity index (χ0n) is 12.0. The molecule has 0 aromatic heterocycles. The van der Waals surface area contributed by atoms with Gasteiger partial charge in [0.1, 0.15) is 17.1 Å². The van der Waals surface area contributed by atoms with Gasteiger partial charge in [-0.25, -0.2) is 4.79 Å². The van der Waals surface area contributed by atoms with Crippen molar-refractivity contribution in [3.63, 3.8) is 0 Å². The van der Waals surface area contributed by atoms with Gasteiger partial charge in [-0.15, -0.1) is 0 Å². The smallest absolute Gasteiger partial charge is 0.347 e. The number of hydrogen-bond acceptors (Lipinski definition) is 3. The number of para-hydroxylation sites is 1. The van der Waals surface area contributed by atoms with E-state index in [1.807, 2.05) is 45.0 Å². The maximum atomic E-state index is 12.2. The third kappa shape index (κ3) is 3.38. The zero-order chi connectivity index (χ0) is 14.5. The number of hydrogen-bond donors (Lipinski definition) is 0. The lowest BCUT2D eigenvalue weighted by atomic mass is 10.1. The molecule has 0 bridgehead atoms. The number of esters is 1. The zero-order valence-corrected chi connectivity index (χ0v) is 12.0. The summed E-state index contributed by atoms with van der Waals surface area (Å²) in [6.45, 7) is 6.33. The predicted octanol–water partition coefficient (Wildman–Crippen LogP) is 3.92. The summed E-state index contributed by atoms with van der Waals surface area (Å²) in [5.74, 6) is 0.697. The van der Waals surface area contributed by atoms with Gasteiger partial charge in [0.05, 0.1) is 6.61 Å². The molecule has 0 N–H and O–H groups in total. The van der Waals surface area contributed by atoms with Crippen LogP contribution in [-0.4, -0.2) is 12.6 Å². The van der Waals surface area contributed by atoms with Gasteiger partial charge >= 0.3 is 5.97 Å². The highest BCUT2D eigenvalue weighted by atomic mass is 16.5. The number of aryl methyl sites for hydroxylation is 2. The van der Waals surface area contributed by atoms with E-state index >= 15 is 0 Å². The molecule has 0 spiro atoms. The van der Waals surface area contributed by atoms with E-state index in [-0.39, 0.29) is 0 Å². The lowest BCUT2D eigenvalue weighted by Crippen LogP contribution is -2.11. The van der Waals surface area contributed by atoms with E-state index in [0.29, 0.717) is 23.7 Å². The Morgan fingerprint density at radius 3 is 2.35 bits per heavy atom. The van der Waals surface area contributed by atoms with Crippen molar-refractivity contribution in [1.82, 2.24) is 0 Å². The van der Waals surface area contributed by atoms with E-state index in [9.17, 15) is 4.79 Å². The SMILES string of the molecule is CCOc1ccccc1C(=O)Oc1cc(C)cc(C)c1. The summed E-state index contributed by atoms with van der Waals surface area (Å²) in [4.78, 5) is 12.2. The molecule has 2 rings (SSSR count). The normalized spacial score (nSPS) is 10.2. The summed E-state index contributed by atoms with van der Waals surface area (Å²) >= 11 is 0. The standard InChI is InChI=1S/C17H18O3/c1-4-19-16-8-6-5-7-15(16)17(18)20-14-10-12(2)9-13(3)11-14/h5-11H,4H2,1-3H3. The Kier molecular flexibility index (Phi) is 4.41. The maximum Gasteiger partial charge on any atom is 0.347 e. The topological polar surface area (TPSA) is 35.5 Å². The van der Waals surface area contributed by atoms with Crippen LogP contribution in [-0.2, 0) is 0 Å². The third-order valence-electron chi connectivity index (χ3n) is 2.81. The first-order valence-corrected chi connectivity index (χ1v) is 6.62. The summed E-state index contributed by atoms with van der Waals surface area (Å²) in [6.07, 6.45) is 0. The first-order chi connectivity index (χ1) is 9.60. The first-order valence-electron chi connectivity index (χ1n) is 6.62. The molecule has 0 aliphatic carbocycles. The molecule has 20 heavy (non-hydrogen) atoms. The van der Waals surface area contributed by atoms with Gasteiger partial charge < -0.3 is 9.47 Å². The van der Waals surface area contributed by atoms with Crippen molar-refractivity contribution in [2.75, 3.05) is 6.61 Å². The van der Waals surface area contributed by atoms with E-state index in [4.69, 9.17) is 9.47 Å². The van der Waals surface area contributed by atoms with Crippen molar-refractivity contribution in [1.29, 1.82) is 0 Å². The predicted molar refractivity (Wildman–Crippen MR) is 78.5 cm³/mol. The van der Waals surface area contributed by atoms with Crippen molar-refractivity contribution in [3.05, 3.63) is 59.2 Å². The molecule has 0 aliphatic rings. The molecular weight excluding hydrogens is 252 g/mol. The lowest BCUT2D eigenvalue weighted by molar-refractivity contribution is 0.0730. The van der Waals surface area contributed by atoms with Gasteiger partial charge in [0, 0.05) is 0 Å². The fourth-order valence-corrected chi connectivity index (χ4v) is 2.07. The van der Waals surface area contributed by atoms with Crippen LogP contribution < -0.4 is 9.47 Å². The molecule has 0 radical (unpaired) electrons. The number of rotatable bonds is 4. The third-order valence-corrected chi connectivity index (χ3v) is 2.81. The van der Waals surface area contributed by atoms with Gasteiger partial charge in [0.2, 0.25) is 0 Å². The maximum absolute atomic E-state index is 12.2. The Bertz CT molecular complexity index is 597. The van der Waals surface area contributed by atoms with E-state index in [1.165, 1.54) is 0 Å². The number of benzene rings is 2. The van der Waals surface area contributed by atoms with Crippen molar-refractivity contribution >= 4 is 5.97 Å². The van der Waals surface area contributed by atoms with Crippen molar-refractivity contribution in [2.45, 2.75) is 20.8 Å². The Balaban J connectivity index is 2.23. The van der Waals surface area contributed by atoms with Gasteiger partial charge in [-0.05, 0) is 56.2 Å². The van der Waals surface area contributed by atoms with Crippen LogP contribution in [0.2, 0.25) is 0 Å². The molecule has 0 aliphatic heterocycles. The Hall–Kier alpha value is -2.29. The fraction of sp³-hybridized carbons (Fsp3) is 0.235. The molecule has 0 heterocycles. The molecule has 0 atom stereocenters. The largest absolute Gasteiger partial charge is 0.493 e. The summed E-state index contributed by atoms with van der Waals surface area (Å²) in [6, 6.07) is 12.8. The van der Waals surface area contributed by atoms with Crippen molar-refractivity contribution in [2.24, 2.45) is 0 Å².